The summed E-state index contributed by atoms with van der Waals surface area (Å²) in [5.41, 5.74) is 0.146. The van der Waals surface area contributed by atoms with Crippen molar-refractivity contribution in [2.45, 2.75) is 31.8 Å². The summed E-state index contributed by atoms with van der Waals surface area (Å²) in [6.45, 7) is 4.50. The fraction of sp³-hybridized carbons (Fsp3) is 0.444. The van der Waals surface area contributed by atoms with Crippen molar-refractivity contribution in [3.63, 3.8) is 0 Å². The molecule has 3 rings (SSSR count). The Morgan fingerprint density at radius 2 is 2.17 bits per heavy atom. The predicted octanol–water partition coefficient (Wildman–Crippen LogP) is 2.15. The van der Waals surface area contributed by atoms with E-state index >= 15 is 0 Å². The highest BCUT2D eigenvalue weighted by Gasteiger charge is 2.44. The van der Waals surface area contributed by atoms with Crippen molar-refractivity contribution in [2.75, 3.05) is 19.6 Å². The second-order valence-electron chi connectivity index (χ2n) is 6.18. The van der Waals surface area contributed by atoms with Crippen LogP contribution in [-0.2, 0) is 16.9 Å². The number of hydrogen-bond acceptors (Lipinski definition) is 3. The van der Waals surface area contributed by atoms with Gasteiger partial charge >= 0.3 is 0 Å². The van der Waals surface area contributed by atoms with Crippen molar-refractivity contribution in [2.24, 2.45) is 0 Å². The highest BCUT2D eigenvalue weighted by molar-refractivity contribution is 5.84. The summed E-state index contributed by atoms with van der Waals surface area (Å²) in [5, 5.41) is 7.66. The molecule has 0 unspecified atom stereocenters. The molecule has 24 heavy (non-hydrogen) atoms. The lowest BCUT2D eigenvalue weighted by Gasteiger charge is -2.40. The van der Waals surface area contributed by atoms with Gasteiger partial charge in [0.05, 0.1) is 0 Å². The van der Waals surface area contributed by atoms with Gasteiger partial charge in [-0.05, 0) is 56.6 Å². The van der Waals surface area contributed by atoms with Crippen LogP contribution in [0.5, 0.6) is 0 Å². The molecule has 1 aromatic heterocycles. The summed E-state index contributed by atoms with van der Waals surface area (Å²) in [5.74, 6) is -0.223. The Hall–Kier alpha value is -2.21. The van der Waals surface area contributed by atoms with Crippen LogP contribution in [0.2, 0.25) is 0 Å². The summed E-state index contributed by atoms with van der Waals surface area (Å²) in [4.78, 5) is 15.2. The van der Waals surface area contributed by atoms with E-state index in [0.717, 1.165) is 18.7 Å². The topological polar surface area (TPSA) is 50.2 Å². The second kappa shape index (κ2) is 7.13. The monoisotopic (exact) mass is 330 g/mol. The maximum absolute atomic E-state index is 13.5. The van der Waals surface area contributed by atoms with Crippen molar-refractivity contribution < 1.29 is 9.18 Å². The van der Waals surface area contributed by atoms with Gasteiger partial charge in [0.2, 0.25) is 0 Å². The smallest absolute Gasteiger partial charge is 0.250 e. The summed E-state index contributed by atoms with van der Waals surface area (Å²) in [6, 6.07) is 8.28. The number of nitrogens with one attached hydrogen (secondary N) is 1. The Morgan fingerprint density at radius 1 is 1.38 bits per heavy atom. The Balaban J connectivity index is 1.87. The molecule has 1 aliphatic heterocycles. The van der Waals surface area contributed by atoms with Crippen molar-refractivity contribution in [1.82, 2.24) is 20.0 Å². The number of amides is 1. The number of benzene rings is 1. The van der Waals surface area contributed by atoms with Gasteiger partial charge in [-0.1, -0.05) is 12.1 Å². The van der Waals surface area contributed by atoms with Crippen LogP contribution in [0.4, 0.5) is 4.39 Å². The molecule has 1 aromatic carbocycles. The van der Waals surface area contributed by atoms with Crippen LogP contribution in [0.15, 0.2) is 42.7 Å². The maximum Gasteiger partial charge on any atom is 0.250 e. The number of carbonyl (C=O) groups is 1. The zero-order valence-electron chi connectivity index (χ0n) is 13.9. The van der Waals surface area contributed by atoms with Crippen LogP contribution < -0.4 is 5.32 Å². The number of carbonyl (C=O) groups excluding carboxylic acids is 1. The van der Waals surface area contributed by atoms with Gasteiger partial charge in [0.25, 0.3) is 5.91 Å². The molecule has 1 fully saturated rings. The molecule has 2 heterocycles. The summed E-state index contributed by atoms with van der Waals surface area (Å²) in [7, 11) is 0. The zero-order valence-corrected chi connectivity index (χ0v) is 13.9. The highest BCUT2D eigenvalue weighted by Crippen LogP contribution is 2.30. The van der Waals surface area contributed by atoms with Gasteiger partial charge < -0.3 is 10.2 Å². The van der Waals surface area contributed by atoms with Crippen molar-refractivity contribution >= 4 is 5.91 Å². The van der Waals surface area contributed by atoms with Gasteiger partial charge in [-0.25, -0.2) is 4.39 Å². The fourth-order valence-electron chi connectivity index (χ4n) is 3.38. The Morgan fingerprint density at radius 3 is 2.79 bits per heavy atom. The molecule has 128 valence electrons. The minimum Gasteiger partial charge on any atom is -0.337 e. The van der Waals surface area contributed by atoms with E-state index in [1.807, 2.05) is 25.3 Å². The number of piperidine rings is 1. The Bertz CT molecular complexity index is 680. The second-order valence-corrected chi connectivity index (χ2v) is 6.18. The highest BCUT2D eigenvalue weighted by atomic mass is 19.1. The van der Waals surface area contributed by atoms with E-state index in [-0.39, 0.29) is 11.7 Å². The van der Waals surface area contributed by atoms with Crippen LogP contribution >= 0.6 is 0 Å². The molecule has 0 spiro atoms. The molecule has 1 N–H and O–H groups in total. The van der Waals surface area contributed by atoms with Gasteiger partial charge in [-0.2, -0.15) is 5.10 Å². The first kappa shape index (κ1) is 16.6. The summed E-state index contributed by atoms with van der Waals surface area (Å²) < 4.78 is 15.2. The van der Waals surface area contributed by atoms with Gasteiger partial charge in [0.15, 0.2) is 0 Å². The third-order valence-electron chi connectivity index (χ3n) is 4.70. The van der Waals surface area contributed by atoms with Crippen LogP contribution in [0.1, 0.15) is 25.3 Å². The van der Waals surface area contributed by atoms with Gasteiger partial charge in [-0.15, -0.1) is 0 Å². The molecule has 0 radical (unpaired) electrons. The summed E-state index contributed by atoms with van der Waals surface area (Å²) in [6.07, 6.45) is 4.97. The third kappa shape index (κ3) is 3.19. The van der Waals surface area contributed by atoms with E-state index in [1.165, 1.54) is 12.1 Å². The largest absolute Gasteiger partial charge is 0.337 e. The molecule has 0 saturated carbocycles. The molecule has 1 amide bonds. The van der Waals surface area contributed by atoms with Crippen LogP contribution in [0.25, 0.3) is 0 Å². The SMILES string of the molecule is CCN(Cc1cccc(F)c1)C(=O)C1(n2cccn2)CCNCC1. The van der Waals surface area contributed by atoms with Crippen molar-refractivity contribution in [3.05, 3.63) is 54.1 Å². The van der Waals surface area contributed by atoms with Crippen LogP contribution in [0.3, 0.4) is 0 Å². The first-order valence-corrected chi connectivity index (χ1v) is 8.40. The lowest BCUT2D eigenvalue weighted by molar-refractivity contribution is -0.143. The standard InChI is InChI=1S/C18H23FN4O/c1-2-22(14-15-5-3-6-16(19)13-15)17(24)18(7-10-20-11-8-18)23-12-4-9-21-23/h3-6,9,12-13,20H,2,7-8,10-11,14H2,1H3. The third-order valence-corrected chi connectivity index (χ3v) is 4.70. The number of hydrogen-bond donors (Lipinski definition) is 1. The Kier molecular flexibility index (Phi) is 4.94. The average Bonchev–Trinajstić information content (AvgIpc) is 3.15. The lowest BCUT2D eigenvalue weighted by Crippen LogP contribution is -2.55. The molecule has 0 atom stereocenters. The zero-order chi connectivity index (χ0) is 17.0. The van der Waals surface area contributed by atoms with Crippen molar-refractivity contribution in [3.8, 4) is 0 Å². The molecule has 1 saturated heterocycles. The fourth-order valence-corrected chi connectivity index (χ4v) is 3.38. The first-order chi connectivity index (χ1) is 11.7. The number of nitrogens with zero attached hydrogens (tertiary/aromatic N) is 3. The maximum atomic E-state index is 13.5. The van der Waals surface area contributed by atoms with E-state index < -0.39 is 5.54 Å². The van der Waals surface area contributed by atoms with Gasteiger partial charge in [0, 0.05) is 25.5 Å². The molecule has 6 heteroatoms. The van der Waals surface area contributed by atoms with E-state index in [1.54, 1.807) is 21.8 Å². The number of halogens is 1. The van der Waals surface area contributed by atoms with Crippen molar-refractivity contribution in [1.29, 1.82) is 0 Å². The molecule has 1 aliphatic rings. The number of aromatic nitrogens is 2. The minimum atomic E-state index is -0.655. The minimum absolute atomic E-state index is 0.0551. The van der Waals surface area contributed by atoms with Crippen LogP contribution in [0, 0.1) is 5.82 Å². The predicted molar refractivity (Wildman–Crippen MR) is 89.8 cm³/mol. The lowest BCUT2D eigenvalue weighted by atomic mass is 9.86. The molecule has 2 aromatic rings. The molecule has 5 nitrogen and oxygen atoms in total. The quantitative estimate of drug-likeness (QED) is 0.914. The first-order valence-electron chi connectivity index (χ1n) is 8.40. The van der Waals surface area contributed by atoms with E-state index in [9.17, 15) is 9.18 Å². The number of likely N-dealkylation sites (N-methyl/N-ethyl adjacent to an activating group) is 1. The van der Waals surface area contributed by atoms with Gasteiger partial charge in [0.1, 0.15) is 11.4 Å². The van der Waals surface area contributed by atoms with E-state index in [4.69, 9.17) is 0 Å². The molecule has 0 bridgehead atoms. The normalized spacial score (nSPS) is 16.8. The molecular formula is C18H23FN4O. The van der Waals surface area contributed by atoms with E-state index in [0.29, 0.717) is 25.9 Å². The molecular weight excluding hydrogens is 307 g/mol. The summed E-state index contributed by atoms with van der Waals surface area (Å²) >= 11 is 0. The molecule has 0 aliphatic carbocycles. The Labute approximate surface area is 141 Å². The van der Waals surface area contributed by atoms with Crippen LogP contribution in [-0.4, -0.2) is 40.2 Å². The van der Waals surface area contributed by atoms with Gasteiger partial charge in [-0.3, -0.25) is 9.48 Å². The number of rotatable bonds is 5. The average molecular weight is 330 g/mol. The van der Waals surface area contributed by atoms with E-state index in [2.05, 4.69) is 10.4 Å².